The topological polar surface area (TPSA) is 54.5 Å². The molecule has 5 heteroatoms. The van der Waals surface area contributed by atoms with E-state index < -0.39 is 15.1 Å². The Morgan fingerprint density at radius 1 is 1.11 bits per heavy atom. The highest BCUT2D eigenvalue weighted by molar-refractivity contribution is 7.92. The van der Waals surface area contributed by atoms with Gasteiger partial charge in [-0.25, -0.2) is 8.42 Å². The van der Waals surface area contributed by atoms with Gasteiger partial charge in [-0.1, -0.05) is 18.2 Å². The third-order valence-corrected chi connectivity index (χ3v) is 6.09. The number of rotatable bonds is 3. The molecule has 1 aromatic rings. The Balaban J connectivity index is 1.75. The smallest absolute Gasteiger partial charge is 0.225 e. The molecule has 0 bridgehead atoms. The van der Waals surface area contributed by atoms with Crippen molar-refractivity contribution in [3.63, 3.8) is 0 Å². The van der Waals surface area contributed by atoms with E-state index in [1.54, 1.807) is 35.2 Å². The van der Waals surface area contributed by atoms with Gasteiger partial charge in [0.1, 0.15) is 0 Å². The number of nitrogens with zero attached hydrogens (tertiary/aromatic N) is 1. The summed E-state index contributed by atoms with van der Waals surface area (Å²) in [6.45, 7) is 0.929. The maximum Gasteiger partial charge on any atom is 0.225 e. The van der Waals surface area contributed by atoms with E-state index in [1.165, 1.54) is 0 Å². The molecule has 1 aliphatic heterocycles. The Morgan fingerprint density at radius 2 is 1.79 bits per heavy atom. The van der Waals surface area contributed by atoms with Gasteiger partial charge in [-0.15, -0.1) is 0 Å². The van der Waals surface area contributed by atoms with E-state index in [4.69, 9.17) is 0 Å². The molecule has 0 N–H and O–H groups in total. The Kier molecular flexibility index (Phi) is 3.09. The minimum Gasteiger partial charge on any atom is -0.341 e. The van der Waals surface area contributed by atoms with Gasteiger partial charge in [0.15, 0.2) is 9.84 Å². The van der Waals surface area contributed by atoms with Gasteiger partial charge in [0.2, 0.25) is 5.91 Å². The number of hydrogen-bond donors (Lipinski definition) is 0. The predicted molar refractivity (Wildman–Crippen MR) is 71.3 cm³/mol. The van der Waals surface area contributed by atoms with E-state index in [1.807, 2.05) is 0 Å². The van der Waals surface area contributed by atoms with E-state index in [2.05, 4.69) is 0 Å². The number of carbonyl (C=O) groups excluding carboxylic acids is 1. The first-order valence-electron chi connectivity index (χ1n) is 6.67. The van der Waals surface area contributed by atoms with Crippen molar-refractivity contribution < 1.29 is 13.2 Å². The fourth-order valence-electron chi connectivity index (χ4n) is 2.57. The first-order chi connectivity index (χ1) is 9.09. The standard InChI is InChI=1S/C14H17NO3S/c16-14(11-6-7-11)15-9-8-13(10-15)19(17,18)12-4-2-1-3-5-12/h1-5,11,13H,6-10H2/t13-/m1/s1. The molecule has 1 saturated heterocycles. The monoisotopic (exact) mass is 279 g/mol. The van der Waals surface area contributed by atoms with Crippen molar-refractivity contribution in [2.45, 2.75) is 29.4 Å². The fraction of sp³-hybridized carbons (Fsp3) is 0.500. The van der Waals surface area contributed by atoms with E-state index in [-0.39, 0.29) is 11.8 Å². The second-order valence-corrected chi connectivity index (χ2v) is 7.56. The van der Waals surface area contributed by atoms with Crippen LogP contribution in [0.1, 0.15) is 19.3 Å². The van der Waals surface area contributed by atoms with Crippen LogP contribution in [0.5, 0.6) is 0 Å². The zero-order chi connectivity index (χ0) is 13.5. The van der Waals surface area contributed by atoms with Gasteiger partial charge in [0.25, 0.3) is 0 Å². The Morgan fingerprint density at radius 3 is 2.42 bits per heavy atom. The Hall–Kier alpha value is -1.36. The zero-order valence-corrected chi connectivity index (χ0v) is 11.5. The minimum atomic E-state index is -3.30. The summed E-state index contributed by atoms with van der Waals surface area (Å²) in [7, 11) is -3.30. The average Bonchev–Trinajstić information content (AvgIpc) is 3.15. The number of hydrogen-bond acceptors (Lipinski definition) is 3. The molecule has 0 radical (unpaired) electrons. The van der Waals surface area contributed by atoms with Crippen molar-refractivity contribution in [3.8, 4) is 0 Å². The molecule has 0 spiro atoms. The van der Waals surface area contributed by atoms with Crippen LogP contribution in [0.15, 0.2) is 35.2 Å². The summed E-state index contributed by atoms with van der Waals surface area (Å²) in [6, 6.07) is 8.52. The molecule has 4 nitrogen and oxygen atoms in total. The van der Waals surface area contributed by atoms with Crippen LogP contribution < -0.4 is 0 Å². The fourth-order valence-corrected chi connectivity index (χ4v) is 4.29. The lowest BCUT2D eigenvalue weighted by molar-refractivity contribution is -0.131. The second kappa shape index (κ2) is 4.63. The van der Waals surface area contributed by atoms with E-state index in [0.717, 1.165) is 12.8 Å². The second-order valence-electron chi connectivity index (χ2n) is 5.33. The number of benzene rings is 1. The van der Waals surface area contributed by atoms with Gasteiger partial charge in [-0.3, -0.25) is 4.79 Å². The maximum atomic E-state index is 12.5. The molecule has 1 aliphatic carbocycles. The summed E-state index contributed by atoms with van der Waals surface area (Å²) in [5.41, 5.74) is 0. The van der Waals surface area contributed by atoms with Crippen molar-refractivity contribution in [2.24, 2.45) is 5.92 Å². The molecule has 0 unspecified atom stereocenters. The van der Waals surface area contributed by atoms with Gasteiger partial charge in [-0.2, -0.15) is 0 Å². The van der Waals surface area contributed by atoms with E-state index in [0.29, 0.717) is 24.4 Å². The summed E-state index contributed by atoms with van der Waals surface area (Å²) in [5.74, 6) is 0.309. The highest BCUT2D eigenvalue weighted by atomic mass is 32.2. The average molecular weight is 279 g/mol. The molecule has 3 rings (SSSR count). The summed E-state index contributed by atoms with van der Waals surface area (Å²) >= 11 is 0. The summed E-state index contributed by atoms with van der Waals surface area (Å²) < 4.78 is 24.9. The molecule has 1 atom stereocenters. The van der Waals surface area contributed by atoms with Crippen molar-refractivity contribution in [1.82, 2.24) is 4.90 Å². The molecule has 2 aliphatic rings. The normalized spacial score (nSPS) is 23.6. The third kappa shape index (κ3) is 2.39. The lowest BCUT2D eigenvalue weighted by Gasteiger charge is -2.16. The van der Waals surface area contributed by atoms with Crippen LogP contribution in [0.2, 0.25) is 0 Å². The first-order valence-corrected chi connectivity index (χ1v) is 8.21. The highest BCUT2D eigenvalue weighted by Crippen LogP contribution is 2.33. The van der Waals surface area contributed by atoms with Crippen LogP contribution in [0, 0.1) is 5.92 Å². The molecule has 102 valence electrons. The van der Waals surface area contributed by atoms with E-state index in [9.17, 15) is 13.2 Å². The molecular weight excluding hydrogens is 262 g/mol. The summed E-state index contributed by atoms with van der Waals surface area (Å²) in [5, 5.41) is -0.447. The molecule has 1 aromatic carbocycles. The lowest BCUT2D eigenvalue weighted by atomic mass is 10.3. The molecule has 2 fully saturated rings. The number of likely N-dealkylation sites (tertiary alicyclic amines) is 1. The molecule has 0 aromatic heterocycles. The first kappa shape index (κ1) is 12.7. The Bertz CT molecular complexity index is 578. The molecule has 1 saturated carbocycles. The molecular formula is C14H17NO3S. The molecule has 1 amide bonds. The van der Waals surface area contributed by atoms with Gasteiger partial charge >= 0.3 is 0 Å². The largest absolute Gasteiger partial charge is 0.341 e. The quantitative estimate of drug-likeness (QED) is 0.842. The van der Waals surface area contributed by atoms with Gasteiger partial charge in [-0.05, 0) is 31.4 Å². The summed E-state index contributed by atoms with van der Waals surface area (Å²) in [4.78, 5) is 14.0. The van der Waals surface area contributed by atoms with E-state index >= 15 is 0 Å². The number of carbonyl (C=O) groups is 1. The van der Waals surface area contributed by atoms with Gasteiger partial charge in [0, 0.05) is 19.0 Å². The molecule has 1 heterocycles. The lowest BCUT2D eigenvalue weighted by Crippen LogP contribution is -2.32. The number of amides is 1. The van der Waals surface area contributed by atoms with Crippen molar-refractivity contribution in [2.75, 3.05) is 13.1 Å². The van der Waals surface area contributed by atoms with Crippen molar-refractivity contribution in [1.29, 1.82) is 0 Å². The highest BCUT2D eigenvalue weighted by Gasteiger charge is 2.40. The SMILES string of the molecule is O=C(C1CC1)N1CC[C@@H](S(=O)(=O)c2ccccc2)C1. The molecule has 19 heavy (non-hydrogen) atoms. The number of sulfone groups is 1. The van der Waals surface area contributed by atoms with Crippen LogP contribution in [-0.2, 0) is 14.6 Å². The zero-order valence-electron chi connectivity index (χ0n) is 10.7. The van der Waals surface area contributed by atoms with Gasteiger partial charge in [0.05, 0.1) is 10.1 Å². The van der Waals surface area contributed by atoms with Gasteiger partial charge < -0.3 is 4.90 Å². The maximum absolute atomic E-state index is 12.5. The van der Waals surface area contributed by atoms with Crippen LogP contribution in [0.4, 0.5) is 0 Å². The van der Waals surface area contributed by atoms with Crippen LogP contribution in [0.25, 0.3) is 0 Å². The Labute approximate surface area is 113 Å². The van der Waals surface area contributed by atoms with Crippen LogP contribution in [-0.4, -0.2) is 37.6 Å². The van der Waals surface area contributed by atoms with Crippen molar-refractivity contribution >= 4 is 15.7 Å². The summed E-state index contributed by atoms with van der Waals surface area (Å²) in [6.07, 6.45) is 2.48. The van der Waals surface area contributed by atoms with Crippen molar-refractivity contribution in [3.05, 3.63) is 30.3 Å². The predicted octanol–water partition coefficient (Wildman–Crippen LogP) is 1.47. The van der Waals surface area contributed by atoms with Crippen LogP contribution in [0.3, 0.4) is 0 Å². The third-order valence-electron chi connectivity index (χ3n) is 3.89. The van der Waals surface area contributed by atoms with Crippen LogP contribution >= 0.6 is 0 Å². The minimum absolute atomic E-state index is 0.144.